The molecule has 0 fully saturated rings. The van der Waals surface area contributed by atoms with E-state index in [1.165, 1.54) is 7.11 Å². The van der Waals surface area contributed by atoms with Crippen LogP contribution in [0.5, 0.6) is 0 Å². The minimum absolute atomic E-state index is 0.0517. The monoisotopic (exact) mass is 336 g/mol. The first-order chi connectivity index (χ1) is 12.0. The van der Waals surface area contributed by atoms with Crippen LogP contribution in [0.3, 0.4) is 0 Å². The largest absolute Gasteiger partial charge is 0.473 e. The third-order valence-electron chi connectivity index (χ3n) is 4.21. The van der Waals surface area contributed by atoms with E-state index in [1.54, 1.807) is 0 Å². The number of hydrogen-bond donors (Lipinski definition) is 2. The molecule has 0 saturated carbocycles. The summed E-state index contributed by atoms with van der Waals surface area (Å²) in [6.45, 7) is 4.17. The van der Waals surface area contributed by atoms with Gasteiger partial charge in [0.15, 0.2) is 0 Å². The second-order valence-corrected chi connectivity index (χ2v) is 5.92. The number of rotatable bonds is 4. The van der Waals surface area contributed by atoms with Crippen LogP contribution in [0.2, 0.25) is 0 Å². The predicted octanol–water partition coefficient (Wildman–Crippen LogP) is 4.11. The zero-order chi connectivity index (χ0) is 18.0. The normalized spacial score (nSPS) is 10.7. The molecule has 3 rings (SSSR count). The van der Waals surface area contributed by atoms with Gasteiger partial charge in [0.1, 0.15) is 12.3 Å². The van der Waals surface area contributed by atoms with Gasteiger partial charge < -0.3 is 14.5 Å². The predicted molar refractivity (Wildman–Crippen MR) is 97.2 cm³/mol. The summed E-state index contributed by atoms with van der Waals surface area (Å²) >= 11 is 0. The summed E-state index contributed by atoms with van der Waals surface area (Å²) < 4.78 is 10.5. The van der Waals surface area contributed by atoms with Crippen molar-refractivity contribution in [3.8, 4) is 0 Å². The van der Waals surface area contributed by atoms with Gasteiger partial charge in [0.25, 0.3) is 0 Å². The number of carbonyl (C=O) groups excluding carboxylic acids is 1. The number of carbonyl (C=O) groups is 1. The lowest BCUT2D eigenvalue weighted by atomic mass is 10.0. The highest BCUT2D eigenvalue weighted by Crippen LogP contribution is 2.29. The molecule has 128 valence electrons. The van der Waals surface area contributed by atoms with Crippen LogP contribution in [0.1, 0.15) is 32.7 Å². The van der Waals surface area contributed by atoms with Crippen LogP contribution < -0.4 is 0 Å². The molecule has 0 radical (unpaired) electrons. The zero-order valence-electron chi connectivity index (χ0n) is 14.5. The van der Waals surface area contributed by atoms with Crippen LogP contribution in [-0.4, -0.2) is 24.0 Å². The third kappa shape index (κ3) is 3.13. The lowest BCUT2D eigenvalue weighted by molar-refractivity contribution is 0.0594. The average Bonchev–Trinajstić information content (AvgIpc) is 3.05. The van der Waals surface area contributed by atoms with E-state index in [4.69, 9.17) is 14.9 Å². The van der Waals surface area contributed by atoms with Gasteiger partial charge in [0.05, 0.1) is 18.2 Å². The fourth-order valence-corrected chi connectivity index (χ4v) is 2.89. The maximum absolute atomic E-state index is 12.2. The van der Waals surface area contributed by atoms with Crippen LogP contribution in [0.25, 0.3) is 10.9 Å². The number of aryl methyl sites for hydroxylation is 2. The van der Waals surface area contributed by atoms with E-state index < -0.39 is 5.97 Å². The molecule has 0 aliphatic heterocycles. The van der Waals surface area contributed by atoms with E-state index in [0.29, 0.717) is 5.56 Å². The first-order valence-electron chi connectivity index (χ1n) is 7.98. The molecule has 5 nitrogen and oxygen atoms in total. The van der Waals surface area contributed by atoms with Crippen LogP contribution >= 0.6 is 0 Å². The Kier molecular flexibility index (Phi) is 4.57. The van der Waals surface area contributed by atoms with E-state index in [1.807, 2.05) is 56.3 Å². The van der Waals surface area contributed by atoms with Gasteiger partial charge in [0.2, 0.25) is 5.90 Å². The van der Waals surface area contributed by atoms with Crippen LogP contribution in [0.4, 0.5) is 0 Å². The molecule has 2 N–H and O–H groups in total. The molecule has 0 spiro atoms. The first-order valence-corrected chi connectivity index (χ1v) is 7.98. The Labute approximate surface area is 146 Å². The van der Waals surface area contributed by atoms with Crippen LogP contribution in [0, 0.1) is 19.3 Å². The van der Waals surface area contributed by atoms with E-state index in [-0.39, 0.29) is 18.2 Å². The maximum Gasteiger partial charge on any atom is 0.355 e. The SMILES string of the molecule is COC(=O)c1[nH]c2c(C)ccc(C)c2c1C(=N)OCc1ccccc1. The summed E-state index contributed by atoms with van der Waals surface area (Å²) in [5, 5.41) is 9.22. The van der Waals surface area contributed by atoms with Gasteiger partial charge in [0, 0.05) is 5.39 Å². The molecule has 0 aliphatic rings. The molecule has 0 unspecified atom stereocenters. The summed E-state index contributed by atoms with van der Waals surface area (Å²) in [5.74, 6) is -0.567. The summed E-state index contributed by atoms with van der Waals surface area (Å²) in [4.78, 5) is 15.3. The molecule has 0 bridgehead atoms. The van der Waals surface area contributed by atoms with Crippen molar-refractivity contribution in [1.29, 1.82) is 5.41 Å². The Hall–Kier alpha value is -3.08. The highest BCUT2D eigenvalue weighted by Gasteiger charge is 2.24. The lowest BCUT2D eigenvalue weighted by Crippen LogP contribution is -2.12. The minimum Gasteiger partial charge on any atom is -0.473 e. The topological polar surface area (TPSA) is 75.2 Å². The van der Waals surface area contributed by atoms with Gasteiger partial charge in [-0.3, -0.25) is 5.41 Å². The van der Waals surface area contributed by atoms with Crippen molar-refractivity contribution in [2.75, 3.05) is 7.11 Å². The Morgan fingerprint density at radius 2 is 1.76 bits per heavy atom. The first kappa shape index (κ1) is 16.8. The summed E-state index contributed by atoms with van der Waals surface area (Å²) in [5.41, 5.74) is 4.43. The second-order valence-electron chi connectivity index (χ2n) is 5.92. The van der Waals surface area contributed by atoms with Crippen molar-refractivity contribution < 1.29 is 14.3 Å². The quantitative estimate of drug-likeness (QED) is 0.428. The van der Waals surface area contributed by atoms with E-state index in [0.717, 1.165) is 27.6 Å². The molecule has 0 amide bonds. The number of benzene rings is 2. The van der Waals surface area contributed by atoms with Crippen LogP contribution in [0.15, 0.2) is 42.5 Å². The van der Waals surface area contributed by atoms with Crippen molar-refractivity contribution in [1.82, 2.24) is 4.98 Å². The number of nitrogens with one attached hydrogen (secondary N) is 2. The van der Waals surface area contributed by atoms with Gasteiger partial charge in [-0.1, -0.05) is 42.5 Å². The molecule has 2 aromatic carbocycles. The van der Waals surface area contributed by atoms with Gasteiger partial charge in [-0.15, -0.1) is 0 Å². The van der Waals surface area contributed by atoms with Crippen molar-refractivity contribution >= 4 is 22.8 Å². The second kappa shape index (κ2) is 6.81. The van der Waals surface area contributed by atoms with Crippen molar-refractivity contribution in [2.24, 2.45) is 0 Å². The number of aromatic amines is 1. The van der Waals surface area contributed by atoms with E-state index in [9.17, 15) is 4.79 Å². The Bertz CT molecular complexity index is 942. The molecular formula is C20H20N2O3. The molecular weight excluding hydrogens is 316 g/mol. The van der Waals surface area contributed by atoms with E-state index >= 15 is 0 Å². The molecule has 1 heterocycles. The Balaban J connectivity index is 2.05. The Morgan fingerprint density at radius 1 is 1.08 bits per heavy atom. The highest BCUT2D eigenvalue weighted by molar-refractivity contribution is 6.14. The van der Waals surface area contributed by atoms with Crippen molar-refractivity contribution in [2.45, 2.75) is 20.5 Å². The van der Waals surface area contributed by atoms with Crippen molar-refractivity contribution in [3.05, 3.63) is 70.4 Å². The molecule has 3 aromatic rings. The summed E-state index contributed by atoms with van der Waals surface area (Å²) in [6.07, 6.45) is 0. The third-order valence-corrected chi connectivity index (χ3v) is 4.21. The van der Waals surface area contributed by atoms with Gasteiger partial charge >= 0.3 is 5.97 Å². The van der Waals surface area contributed by atoms with E-state index in [2.05, 4.69) is 4.98 Å². The smallest absolute Gasteiger partial charge is 0.355 e. The number of methoxy groups -OCH3 is 1. The zero-order valence-corrected chi connectivity index (χ0v) is 14.5. The average molecular weight is 336 g/mol. The number of aromatic nitrogens is 1. The van der Waals surface area contributed by atoms with Crippen LogP contribution in [-0.2, 0) is 16.1 Å². The Morgan fingerprint density at radius 3 is 2.44 bits per heavy atom. The summed E-state index contributed by atoms with van der Waals surface area (Å²) in [6, 6.07) is 13.6. The fourth-order valence-electron chi connectivity index (χ4n) is 2.89. The molecule has 0 saturated heterocycles. The van der Waals surface area contributed by atoms with Gasteiger partial charge in [-0.2, -0.15) is 0 Å². The number of ether oxygens (including phenoxy) is 2. The number of hydrogen-bond acceptors (Lipinski definition) is 4. The molecule has 0 aliphatic carbocycles. The number of esters is 1. The molecule has 0 atom stereocenters. The summed E-state index contributed by atoms with van der Waals surface area (Å²) in [7, 11) is 1.33. The molecule has 5 heteroatoms. The number of fused-ring (bicyclic) bond motifs is 1. The standard InChI is InChI=1S/C20H20N2O3/c1-12-9-10-13(2)17-15(12)16(18(22-17)20(23)24-3)19(21)25-11-14-7-5-4-6-8-14/h4-10,21-22H,11H2,1-3H3. The van der Waals surface area contributed by atoms with Gasteiger partial charge in [-0.25, -0.2) is 4.79 Å². The maximum atomic E-state index is 12.2. The molecule has 1 aromatic heterocycles. The van der Waals surface area contributed by atoms with Gasteiger partial charge in [-0.05, 0) is 30.5 Å². The fraction of sp³-hybridized carbons (Fsp3) is 0.200. The minimum atomic E-state index is -0.516. The molecule has 25 heavy (non-hydrogen) atoms. The highest BCUT2D eigenvalue weighted by atomic mass is 16.5. The van der Waals surface area contributed by atoms with Crippen molar-refractivity contribution in [3.63, 3.8) is 0 Å². The lowest BCUT2D eigenvalue weighted by Gasteiger charge is -2.09. The number of H-pyrrole nitrogens is 1.